The SMILES string of the molecule is CC1CN(Cc2ccc(Cl)cc2N)CCN1C. The lowest BCUT2D eigenvalue weighted by Gasteiger charge is -2.37. The Labute approximate surface area is 108 Å². The first-order valence-corrected chi connectivity index (χ1v) is 6.40. The zero-order valence-corrected chi connectivity index (χ0v) is 11.2. The van der Waals surface area contributed by atoms with Gasteiger partial charge in [0.05, 0.1) is 0 Å². The zero-order chi connectivity index (χ0) is 12.4. The lowest BCUT2D eigenvalue weighted by atomic mass is 10.1. The van der Waals surface area contributed by atoms with Crippen molar-refractivity contribution in [2.75, 3.05) is 32.4 Å². The summed E-state index contributed by atoms with van der Waals surface area (Å²) in [7, 11) is 2.18. The summed E-state index contributed by atoms with van der Waals surface area (Å²) in [5, 5.41) is 0.706. The third-order valence-corrected chi connectivity index (χ3v) is 3.78. The number of nitrogen functional groups attached to an aromatic ring is 1. The average molecular weight is 254 g/mol. The van der Waals surface area contributed by atoms with E-state index >= 15 is 0 Å². The molecule has 1 aliphatic heterocycles. The largest absolute Gasteiger partial charge is 0.398 e. The van der Waals surface area contributed by atoms with Gasteiger partial charge >= 0.3 is 0 Å². The maximum Gasteiger partial charge on any atom is 0.0426 e. The van der Waals surface area contributed by atoms with E-state index in [-0.39, 0.29) is 0 Å². The minimum atomic E-state index is 0.609. The molecule has 94 valence electrons. The predicted molar refractivity (Wildman–Crippen MR) is 73.2 cm³/mol. The Kier molecular flexibility index (Phi) is 3.92. The molecule has 4 heteroatoms. The first kappa shape index (κ1) is 12.7. The summed E-state index contributed by atoms with van der Waals surface area (Å²) in [6.45, 7) is 6.49. The first-order valence-electron chi connectivity index (χ1n) is 6.03. The number of rotatable bonds is 2. The van der Waals surface area contributed by atoms with Gasteiger partial charge in [-0.2, -0.15) is 0 Å². The Morgan fingerprint density at radius 2 is 2.18 bits per heavy atom. The van der Waals surface area contributed by atoms with Crippen LogP contribution in [-0.2, 0) is 6.54 Å². The van der Waals surface area contributed by atoms with Crippen molar-refractivity contribution in [1.29, 1.82) is 0 Å². The summed E-state index contributed by atoms with van der Waals surface area (Å²) in [5.74, 6) is 0. The zero-order valence-electron chi connectivity index (χ0n) is 10.5. The maximum atomic E-state index is 5.98. The van der Waals surface area contributed by atoms with Crippen LogP contribution < -0.4 is 5.73 Å². The van der Waals surface area contributed by atoms with E-state index in [4.69, 9.17) is 17.3 Å². The molecule has 0 spiro atoms. The Bertz CT molecular complexity index is 394. The summed E-state index contributed by atoms with van der Waals surface area (Å²) in [6, 6.07) is 6.38. The van der Waals surface area contributed by atoms with Crippen LogP contribution in [0, 0.1) is 0 Å². The summed E-state index contributed by atoms with van der Waals surface area (Å²) < 4.78 is 0. The van der Waals surface area contributed by atoms with Crippen LogP contribution in [-0.4, -0.2) is 42.5 Å². The van der Waals surface area contributed by atoms with E-state index in [1.807, 2.05) is 18.2 Å². The number of hydrogen-bond acceptors (Lipinski definition) is 3. The van der Waals surface area contributed by atoms with Gasteiger partial charge in [0.15, 0.2) is 0 Å². The molecule has 0 aliphatic carbocycles. The fraction of sp³-hybridized carbons (Fsp3) is 0.538. The van der Waals surface area contributed by atoms with Crippen LogP contribution in [0.3, 0.4) is 0 Å². The number of halogens is 1. The second-order valence-electron chi connectivity index (χ2n) is 4.91. The van der Waals surface area contributed by atoms with Gasteiger partial charge in [0.25, 0.3) is 0 Å². The lowest BCUT2D eigenvalue weighted by molar-refractivity contribution is 0.100. The van der Waals surface area contributed by atoms with Crippen LogP contribution in [0.15, 0.2) is 18.2 Å². The molecule has 3 nitrogen and oxygen atoms in total. The van der Waals surface area contributed by atoms with Gasteiger partial charge in [0.2, 0.25) is 0 Å². The molecule has 0 amide bonds. The maximum absolute atomic E-state index is 5.98. The van der Waals surface area contributed by atoms with Crippen LogP contribution in [0.1, 0.15) is 12.5 Å². The molecule has 2 N–H and O–H groups in total. The smallest absolute Gasteiger partial charge is 0.0426 e. The number of piperazine rings is 1. The Hall–Kier alpha value is -0.770. The normalized spacial score (nSPS) is 22.9. The van der Waals surface area contributed by atoms with Crippen molar-refractivity contribution >= 4 is 17.3 Å². The number of anilines is 1. The van der Waals surface area contributed by atoms with Gasteiger partial charge in [-0.1, -0.05) is 17.7 Å². The van der Waals surface area contributed by atoms with Crippen molar-refractivity contribution in [2.24, 2.45) is 0 Å². The van der Waals surface area contributed by atoms with Gasteiger partial charge in [-0.15, -0.1) is 0 Å². The second kappa shape index (κ2) is 5.25. The molecule has 1 fully saturated rings. The third-order valence-electron chi connectivity index (χ3n) is 3.55. The monoisotopic (exact) mass is 253 g/mol. The fourth-order valence-corrected chi connectivity index (χ4v) is 2.40. The molecular formula is C13H20ClN3. The minimum absolute atomic E-state index is 0.609. The van der Waals surface area contributed by atoms with Gasteiger partial charge in [-0.05, 0) is 31.7 Å². The average Bonchev–Trinajstić information content (AvgIpc) is 2.27. The van der Waals surface area contributed by atoms with Crippen molar-refractivity contribution < 1.29 is 0 Å². The molecule has 1 aliphatic rings. The van der Waals surface area contributed by atoms with Gasteiger partial charge in [-0.3, -0.25) is 4.90 Å². The van der Waals surface area contributed by atoms with Crippen LogP contribution in [0.5, 0.6) is 0 Å². The predicted octanol–water partition coefficient (Wildman–Crippen LogP) is 2.06. The van der Waals surface area contributed by atoms with E-state index in [0.29, 0.717) is 11.1 Å². The van der Waals surface area contributed by atoms with Gasteiger partial charge in [-0.25, -0.2) is 0 Å². The van der Waals surface area contributed by atoms with Crippen LogP contribution in [0.2, 0.25) is 5.02 Å². The van der Waals surface area contributed by atoms with Crippen LogP contribution >= 0.6 is 11.6 Å². The van der Waals surface area contributed by atoms with E-state index in [0.717, 1.165) is 31.9 Å². The Morgan fingerprint density at radius 1 is 1.41 bits per heavy atom. The molecular weight excluding hydrogens is 234 g/mol. The molecule has 1 atom stereocenters. The van der Waals surface area contributed by atoms with E-state index in [1.165, 1.54) is 5.56 Å². The van der Waals surface area contributed by atoms with Crippen molar-refractivity contribution in [3.8, 4) is 0 Å². The van der Waals surface area contributed by atoms with Crippen molar-refractivity contribution in [1.82, 2.24) is 9.80 Å². The molecule has 0 aromatic heterocycles. The highest BCUT2D eigenvalue weighted by molar-refractivity contribution is 6.30. The van der Waals surface area contributed by atoms with Crippen molar-refractivity contribution in [2.45, 2.75) is 19.5 Å². The van der Waals surface area contributed by atoms with Crippen LogP contribution in [0.4, 0.5) is 5.69 Å². The van der Waals surface area contributed by atoms with Crippen molar-refractivity contribution in [3.05, 3.63) is 28.8 Å². The number of nitrogens with two attached hydrogens (primary N) is 1. The summed E-state index contributed by atoms with van der Waals surface area (Å²) in [4.78, 5) is 4.84. The fourth-order valence-electron chi connectivity index (χ4n) is 2.22. The highest BCUT2D eigenvalue weighted by Gasteiger charge is 2.20. The minimum Gasteiger partial charge on any atom is -0.398 e. The Morgan fingerprint density at radius 3 is 2.82 bits per heavy atom. The molecule has 1 unspecified atom stereocenters. The second-order valence-corrected chi connectivity index (χ2v) is 5.34. The molecule has 17 heavy (non-hydrogen) atoms. The number of benzene rings is 1. The number of nitrogens with zero attached hydrogens (tertiary/aromatic N) is 2. The van der Waals surface area contributed by atoms with Gasteiger partial charge < -0.3 is 10.6 Å². The molecule has 0 radical (unpaired) electrons. The molecule has 2 rings (SSSR count). The number of hydrogen-bond donors (Lipinski definition) is 1. The van der Waals surface area contributed by atoms with Gasteiger partial charge in [0, 0.05) is 42.9 Å². The highest BCUT2D eigenvalue weighted by Crippen LogP contribution is 2.20. The van der Waals surface area contributed by atoms with E-state index in [9.17, 15) is 0 Å². The molecule has 1 saturated heterocycles. The van der Waals surface area contributed by atoms with Crippen molar-refractivity contribution in [3.63, 3.8) is 0 Å². The van der Waals surface area contributed by atoms with E-state index in [1.54, 1.807) is 0 Å². The van der Waals surface area contributed by atoms with E-state index < -0.39 is 0 Å². The summed E-state index contributed by atoms with van der Waals surface area (Å²) >= 11 is 5.90. The Balaban J connectivity index is 2.01. The van der Waals surface area contributed by atoms with E-state index in [2.05, 4.69) is 23.8 Å². The molecule has 1 aromatic carbocycles. The van der Waals surface area contributed by atoms with Gasteiger partial charge in [0.1, 0.15) is 0 Å². The molecule has 0 bridgehead atoms. The summed E-state index contributed by atoms with van der Waals surface area (Å²) in [5.41, 5.74) is 7.95. The molecule has 0 saturated carbocycles. The lowest BCUT2D eigenvalue weighted by Crippen LogP contribution is -2.49. The standard InChI is InChI=1S/C13H20ClN3/c1-10-8-17(6-5-16(10)2)9-11-3-4-12(14)7-13(11)15/h3-4,7,10H,5-6,8-9,15H2,1-2H3. The highest BCUT2D eigenvalue weighted by atomic mass is 35.5. The third kappa shape index (κ3) is 3.12. The first-order chi connectivity index (χ1) is 8.06. The molecule has 1 aromatic rings. The molecule has 1 heterocycles. The quantitative estimate of drug-likeness (QED) is 0.819. The summed E-state index contributed by atoms with van der Waals surface area (Å²) in [6.07, 6.45) is 0. The van der Waals surface area contributed by atoms with Crippen LogP contribution in [0.25, 0.3) is 0 Å². The number of likely N-dealkylation sites (N-methyl/N-ethyl adjacent to an activating group) is 1. The topological polar surface area (TPSA) is 32.5 Å².